The highest BCUT2D eigenvalue weighted by Gasteiger charge is 2.26. The topological polar surface area (TPSA) is 61.0 Å². The van der Waals surface area contributed by atoms with Crippen molar-refractivity contribution in [3.8, 4) is 5.88 Å². The average Bonchev–Trinajstić information content (AvgIpc) is 2.23. The summed E-state index contributed by atoms with van der Waals surface area (Å²) in [7, 11) is 0. The molecule has 0 spiro atoms. The van der Waals surface area contributed by atoms with Gasteiger partial charge in [-0.05, 0) is 47.0 Å². The number of nitrogens with two attached hydrogens (primary N) is 1. The van der Waals surface area contributed by atoms with Crippen LogP contribution >= 0.6 is 15.9 Å². The van der Waals surface area contributed by atoms with Crippen molar-refractivity contribution in [1.82, 2.24) is 9.97 Å². The average molecular weight is 300 g/mol. The van der Waals surface area contributed by atoms with Crippen molar-refractivity contribution in [2.24, 2.45) is 11.8 Å². The number of halogens is 1. The minimum Gasteiger partial charge on any atom is -0.473 e. The summed E-state index contributed by atoms with van der Waals surface area (Å²) in [5, 5.41) is 0. The Morgan fingerprint density at radius 2 is 1.88 bits per heavy atom. The van der Waals surface area contributed by atoms with E-state index in [0.717, 1.165) is 12.8 Å². The summed E-state index contributed by atoms with van der Waals surface area (Å²) in [6.45, 7) is 4.55. The van der Waals surface area contributed by atoms with Crippen LogP contribution in [0.4, 0.5) is 5.82 Å². The van der Waals surface area contributed by atoms with Crippen molar-refractivity contribution >= 4 is 21.7 Å². The van der Waals surface area contributed by atoms with E-state index in [1.54, 1.807) is 0 Å². The molecule has 2 rings (SSSR count). The molecule has 4 nitrogen and oxygen atoms in total. The number of anilines is 1. The Balaban J connectivity index is 2.07. The summed E-state index contributed by atoms with van der Waals surface area (Å²) in [6.07, 6.45) is 5.12. The van der Waals surface area contributed by atoms with Crippen molar-refractivity contribution in [2.45, 2.75) is 39.2 Å². The molecular formula is C12H18BrN3O. The number of hydrogen-bond donors (Lipinski definition) is 1. The number of nitrogens with zero attached hydrogens (tertiary/aromatic N) is 2. The zero-order chi connectivity index (χ0) is 12.4. The van der Waals surface area contributed by atoms with Crippen molar-refractivity contribution in [1.29, 1.82) is 0 Å². The molecule has 2 atom stereocenters. The van der Waals surface area contributed by atoms with Crippen molar-refractivity contribution in [3.05, 3.63) is 10.8 Å². The molecule has 0 radical (unpaired) electrons. The lowest BCUT2D eigenvalue weighted by molar-refractivity contribution is 0.0959. The van der Waals surface area contributed by atoms with Crippen molar-refractivity contribution in [3.63, 3.8) is 0 Å². The first-order valence-corrected chi connectivity index (χ1v) is 6.78. The second kappa shape index (κ2) is 5.21. The van der Waals surface area contributed by atoms with E-state index in [2.05, 4.69) is 39.7 Å². The molecule has 94 valence electrons. The van der Waals surface area contributed by atoms with E-state index in [0.29, 0.717) is 28.0 Å². The first kappa shape index (κ1) is 12.6. The standard InChI is InChI=1S/C12H18BrN3O/c1-7-3-8(2)5-9(4-7)17-12-10(13)11(14)15-6-16-12/h6-9H,3-5H2,1-2H3,(H2,14,15,16). The lowest BCUT2D eigenvalue weighted by Gasteiger charge is -2.31. The molecule has 2 unspecified atom stereocenters. The first-order chi connectivity index (χ1) is 8.06. The Labute approximate surface area is 110 Å². The van der Waals surface area contributed by atoms with Crippen LogP contribution < -0.4 is 10.5 Å². The van der Waals surface area contributed by atoms with Crippen LogP contribution in [0, 0.1) is 11.8 Å². The smallest absolute Gasteiger partial charge is 0.233 e. The summed E-state index contributed by atoms with van der Waals surface area (Å²) in [5.74, 6) is 2.40. The fourth-order valence-corrected chi connectivity index (χ4v) is 2.87. The summed E-state index contributed by atoms with van der Waals surface area (Å²) in [5.41, 5.74) is 5.70. The van der Waals surface area contributed by atoms with Gasteiger partial charge < -0.3 is 10.5 Å². The summed E-state index contributed by atoms with van der Waals surface area (Å²) in [4.78, 5) is 8.03. The number of aromatic nitrogens is 2. The zero-order valence-corrected chi connectivity index (χ0v) is 11.8. The van der Waals surface area contributed by atoms with Crippen molar-refractivity contribution in [2.75, 3.05) is 5.73 Å². The molecule has 1 aromatic rings. The third-order valence-electron chi connectivity index (χ3n) is 3.20. The molecule has 0 bridgehead atoms. The molecule has 17 heavy (non-hydrogen) atoms. The molecule has 0 aromatic carbocycles. The minimum absolute atomic E-state index is 0.236. The predicted molar refractivity (Wildman–Crippen MR) is 70.7 cm³/mol. The molecule has 1 aliphatic carbocycles. The van der Waals surface area contributed by atoms with Gasteiger partial charge in [0.1, 0.15) is 22.7 Å². The Kier molecular flexibility index (Phi) is 3.86. The van der Waals surface area contributed by atoms with Gasteiger partial charge in [0.2, 0.25) is 5.88 Å². The van der Waals surface area contributed by atoms with Crippen LogP contribution in [0.1, 0.15) is 33.1 Å². The van der Waals surface area contributed by atoms with E-state index < -0.39 is 0 Å². The number of rotatable bonds is 2. The Bertz CT molecular complexity index is 389. The van der Waals surface area contributed by atoms with Gasteiger partial charge in [-0.25, -0.2) is 9.97 Å². The second-order valence-electron chi connectivity index (χ2n) is 5.04. The highest BCUT2D eigenvalue weighted by Crippen LogP contribution is 2.33. The van der Waals surface area contributed by atoms with Gasteiger partial charge in [0.15, 0.2) is 0 Å². The van der Waals surface area contributed by atoms with Crippen LogP contribution in [0.3, 0.4) is 0 Å². The maximum Gasteiger partial charge on any atom is 0.233 e. The lowest BCUT2D eigenvalue weighted by atomic mass is 9.82. The molecular weight excluding hydrogens is 282 g/mol. The highest BCUT2D eigenvalue weighted by atomic mass is 79.9. The van der Waals surface area contributed by atoms with E-state index in [1.165, 1.54) is 12.7 Å². The van der Waals surface area contributed by atoms with Crippen LogP contribution in [0.5, 0.6) is 5.88 Å². The van der Waals surface area contributed by atoms with Gasteiger partial charge in [0.05, 0.1) is 0 Å². The fourth-order valence-electron chi connectivity index (χ4n) is 2.58. The summed E-state index contributed by atoms with van der Waals surface area (Å²) >= 11 is 3.36. The predicted octanol–water partition coefficient (Wildman–Crippen LogP) is 3.02. The fraction of sp³-hybridized carbons (Fsp3) is 0.667. The van der Waals surface area contributed by atoms with Gasteiger partial charge >= 0.3 is 0 Å². The van der Waals surface area contributed by atoms with Crippen LogP contribution in [0.2, 0.25) is 0 Å². The van der Waals surface area contributed by atoms with E-state index in [-0.39, 0.29) is 6.10 Å². The molecule has 0 saturated heterocycles. The minimum atomic E-state index is 0.236. The number of hydrogen-bond acceptors (Lipinski definition) is 4. The molecule has 1 fully saturated rings. The number of ether oxygens (including phenoxy) is 1. The molecule has 1 aliphatic rings. The second-order valence-corrected chi connectivity index (χ2v) is 5.83. The van der Waals surface area contributed by atoms with Crippen LogP contribution in [-0.4, -0.2) is 16.1 Å². The van der Waals surface area contributed by atoms with Gasteiger partial charge in [-0.2, -0.15) is 0 Å². The van der Waals surface area contributed by atoms with Gasteiger partial charge in [-0.3, -0.25) is 0 Å². The highest BCUT2D eigenvalue weighted by molar-refractivity contribution is 9.10. The van der Waals surface area contributed by atoms with E-state index in [4.69, 9.17) is 10.5 Å². The third-order valence-corrected chi connectivity index (χ3v) is 3.94. The van der Waals surface area contributed by atoms with Gasteiger partial charge in [0, 0.05) is 0 Å². The Morgan fingerprint density at radius 3 is 2.53 bits per heavy atom. The molecule has 1 saturated carbocycles. The quantitative estimate of drug-likeness (QED) is 0.912. The molecule has 0 aliphatic heterocycles. The van der Waals surface area contributed by atoms with Crippen molar-refractivity contribution < 1.29 is 4.74 Å². The van der Waals surface area contributed by atoms with E-state index in [9.17, 15) is 0 Å². The van der Waals surface area contributed by atoms with E-state index in [1.807, 2.05) is 0 Å². The number of nitrogen functional groups attached to an aromatic ring is 1. The molecule has 5 heteroatoms. The molecule has 1 aromatic heterocycles. The third kappa shape index (κ3) is 3.09. The Hall–Kier alpha value is -0.840. The Morgan fingerprint density at radius 1 is 1.24 bits per heavy atom. The molecule has 2 N–H and O–H groups in total. The molecule has 0 amide bonds. The van der Waals surface area contributed by atoms with Gasteiger partial charge in [0.25, 0.3) is 0 Å². The largest absolute Gasteiger partial charge is 0.473 e. The zero-order valence-electron chi connectivity index (χ0n) is 10.2. The first-order valence-electron chi connectivity index (χ1n) is 5.99. The monoisotopic (exact) mass is 299 g/mol. The lowest BCUT2D eigenvalue weighted by Crippen LogP contribution is -2.29. The van der Waals surface area contributed by atoms with Crippen LogP contribution in [-0.2, 0) is 0 Å². The molecule has 1 heterocycles. The van der Waals surface area contributed by atoms with Gasteiger partial charge in [-0.1, -0.05) is 13.8 Å². The van der Waals surface area contributed by atoms with E-state index >= 15 is 0 Å². The normalized spacial score (nSPS) is 29.0. The summed E-state index contributed by atoms with van der Waals surface area (Å²) in [6, 6.07) is 0. The summed E-state index contributed by atoms with van der Waals surface area (Å²) < 4.78 is 6.59. The SMILES string of the molecule is CC1CC(C)CC(Oc2ncnc(N)c2Br)C1. The maximum atomic E-state index is 5.93. The van der Waals surface area contributed by atoms with Crippen LogP contribution in [0.15, 0.2) is 10.8 Å². The maximum absolute atomic E-state index is 5.93. The van der Waals surface area contributed by atoms with Crippen LogP contribution in [0.25, 0.3) is 0 Å². The van der Waals surface area contributed by atoms with Gasteiger partial charge in [-0.15, -0.1) is 0 Å².